The van der Waals surface area contributed by atoms with E-state index in [0.717, 1.165) is 23.8 Å². The molecule has 0 radical (unpaired) electrons. The van der Waals surface area contributed by atoms with Crippen molar-refractivity contribution < 1.29 is 4.79 Å². The SMILES string of the molecule is CCCCCC(C)(C)CNC(=NC)NCc1cccc(NC(C)=O)c1. The van der Waals surface area contributed by atoms with Gasteiger partial charge in [0.15, 0.2) is 5.96 Å². The fraction of sp³-hybridized carbons (Fsp3) is 0.600. The van der Waals surface area contributed by atoms with Crippen molar-refractivity contribution in [1.82, 2.24) is 10.6 Å². The second kappa shape index (κ2) is 10.7. The number of amides is 1. The van der Waals surface area contributed by atoms with E-state index in [1.54, 1.807) is 7.05 Å². The molecule has 5 nitrogen and oxygen atoms in total. The molecule has 0 saturated carbocycles. The van der Waals surface area contributed by atoms with E-state index in [1.165, 1.54) is 32.6 Å². The Labute approximate surface area is 152 Å². The smallest absolute Gasteiger partial charge is 0.221 e. The van der Waals surface area contributed by atoms with Crippen LogP contribution in [0.1, 0.15) is 58.9 Å². The number of rotatable bonds is 9. The summed E-state index contributed by atoms with van der Waals surface area (Å²) in [4.78, 5) is 15.5. The molecule has 1 rings (SSSR count). The molecule has 1 aromatic rings. The Balaban J connectivity index is 2.48. The molecule has 0 aromatic heterocycles. The molecule has 1 aromatic carbocycles. The normalized spacial score (nSPS) is 12.0. The molecule has 0 saturated heterocycles. The van der Waals surface area contributed by atoms with Crippen molar-refractivity contribution in [3.63, 3.8) is 0 Å². The van der Waals surface area contributed by atoms with Gasteiger partial charge in [0.2, 0.25) is 5.91 Å². The number of aliphatic imine (C=N–C) groups is 1. The fourth-order valence-electron chi connectivity index (χ4n) is 2.63. The van der Waals surface area contributed by atoms with E-state index in [-0.39, 0.29) is 11.3 Å². The molecule has 0 bridgehead atoms. The standard InChI is InChI=1S/C20H34N4O/c1-6-7-8-12-20(3,4)15-23-19(21-5)22-14-17-10-9-11-18(13-17)24-16(2)25/h9-11,13H,6-8,12,14-15H2,1-5H3,(H,24,25)(H2,21,22,23). The summed E-state index contributed by atoms with van der Waals surface area (Å²) in [6.45, 7) is 9.88. The van der Waals surface area contributed by atoms with Crippen molar-refractivity contribution >= 4 is 17.6 Å². The van der Waals surface area contributed by atoms with Gasteiger partial charge in [0.25, 0.3) is 0 Å². The van der Waals surface area contributed by atoms with E-state index in [1.807, 2.05) is 24.3 Å². The Bertz CT molecular complexity index is 567. The number of guanidine groups is 1. The zero-order chi connectivity index (χ0) is 18.7. The highest BCUT2D eigenvalue weighted by molar-refractivity contribution is 5.88. The summed E-state index contributed by atoms with van der Waals surface area (Å²) in [7, 11) is 1.78. The monoisotopic (exact) mass is 346 g/mol. The molecule has 0 aliphatic carbocycles. The molecular weight excluding hydrogens is 312 g/mol. The largest absolute Gasteiger partial charge is 0.356 e. The molecule has 25 heavy (non-hydrogen) atoms. The summed E-state index contributed by atoms with van der Waals surface area (Å²) in [6.07, 6.45) is 5.03. The Kier molecular flexibility index (Phi) is 9.03. The van der Waals surface area contributed by atoms with Crippen LogP contribution in [0, 0.1) is 5.41 Å². The highest BCUT2D eigenvalue weighted by Gasteiger charge is 2.17. The number of carbonyl (C=O) groups is 1. The van der Waals surface area contributed by atoms with Crippen LogP contribution in [0.3, 0.4) is 0 Å². The first-order valence-electron chi connectivity index (χ1n) is 9.17. The third-order valence-corrected chi connectivity index (χ3v) is 4.12. The van der Waals surface area contributed by atoms with Crippen molar-refractivity contribution in [3.05, 3.63) is 29.8 Å². The highest BCUT2D eigenvalue weighted by atomic mass is 16.1. The van der Waals surface area contributed by atoms with Gasteiger partial charge in [-0.1, -0.05) is 52.2 Å². The number of nitrogens with zero attached hydrogens (tertiary/aromatic N) is 1. The predicted octanol–water partition coefficient (Wildman–Crippen LogP) is 3.92. The lowest BCUT2D eigenvalue weighted by Gasteiger charge is -2.26. The number of hydrogen-bond donors (Lipinski definition) is 3. The van der Waals surface area contributed by atoms with Crippen LogP contribution in [0.5, 0.6) is 0 Å². The van der Waals surface area contributed by atoms with Gasteiger partial charge in [0, 0.05) is 32.7 Å². The molecule has 140 valence electrons. The van der Waals surface area contributed by atoms with Gasteiger partial charge in [-0.2, -0.15) is 0 Å². The summed E-state index contributed by atoms with van der Waals surface area (Å²) in [5.41, 5.74) is 2.15. The van der Waals surface area contributed by atoms with E-state index < -0.39 is 0 Å². The molecule has 5 heteroatoms. The minimum Gasteiger partial charge on any atom is -0.356 e. The van der Waals surface area contributed by atoms with Crippen molar-refractivity contribution in [2.45, 2.75) is 59.9 Å². The summed E-state index contributed by atoms with van der Waals surface area (Å²) < 4.78 is 0. The maximum atomic E-state index is 11.2. The summed E-state index contributed by atoms with van der Waals surface area (Å²) in [6, 6.07) is 7.82. The van der Waals surface area contributed by atoms with Crippen LogP contribution in [-0.2, 0) is 11.3 Å². The average molecular weight is 347 g/mol. The zero-order valence-electron chi connectivity index (χ0n) is 16.4. The van der Waals surface area contributed by atoms with Crippen LogP contribution in [0.15, 0.2) is 29.3 Å². The molecular formula is C20H34N4O. The Morgan fingerprint density at radius 2 is 1.96 bits per heavy atom. The van der Waals surface area contributed by atoms with Crippen LogP contribution in [-0.4, -0.2) is 25.5 Å². The Hall–Kier alpha value is -2.04. The first kappa shape index (κ1) is 21.0. The molecule has 3 N–H and O–H groups in total. The molecule has 0 spiro atoms. The topological polar surface area (TPSA) is 65.5 Å². The van der Waals surface area contributed by atoms with Crippen molar-refractivity contribution in [2.24, 2.45) is 10.4 Å². The summed E-state index contributed by atoms with van der Waals surface area (Å²) in [5, 5.41) is 9.56. The summed E-state index contributed by atoms with van der Waals surface area (Å²) >= 11 is 0. The van der Waals surface area contributed by atoms with Gasteiger partial charge in [-0.25, -0.2) is 0 Å². The van der Waals surface area contributed by atoms with Crippen molar-refractivity contribution in [1.29, 1.82) is 0 Å². The fourth-order valence-corrected chi connectivity index (χ4v) is 2.63. The van der Waals surface area contributed by atoms with Gasteiger partial charge < -0.3 is 16.0 Å². The zero-order valence-corrected chi connectivity index (χ0v) is 16.4. The Morgan fingerprint density at radius 1 is 1.20 bits per heavy atom. The average Bonchev–Trinajstić information content (AvgIpc) is 2.55. The van der Waals surface area contributed by atoms with Gasteiger partial charge in [0.05, 0.1) is 0 Å². The highest BCUT2D eigenvalue weighted by Crippen LogP contribution is 2.22. The number of unbranched alkanes of at least 4 members (excludes halogenated alkanes) is 2. The van der Waals surface area contributed by atoms with Gasteiger partial charge in [-0.3, -0.25) is 9.79 Å². The van der Waals surface area contributed by atoms with Gasteiger partial charge >= 0.3 is 0 Å². The maximum absolute atomic E-state index is 11.2. The van der Waals surface area contributed by atoms with Crippen LogP contribution in [0.25, 0.3) is 0 Å². The third kappa shape index (κ3) is 9.13. The van der Waals surface area contributed by atoms with E-state index in [0.29, 0.717) is 6.54 Å². The molecule has 0 aliphatic rings. The van der Waals surface area contributed by atoms with Gasteiger partial charge in [-0.05, 0) is 29.5 Å². The number of carbonyl (C=O) groups excluding carboxylic acids is 1. The quantitative estimate of drug-likeness (QED) is 0.361. The molecule has 0 atom stereocenters. The minimum absolute atomic E-state index is 0.0621. The lowest BCUT2D eigenvalue weighted by atomic mass is 9.87. The molecule has 1 amide bonds. The number of nitrogens with one attached hydrogen (secondary N) is 3. The number of hydrogen-bond acceptors (Lipinski definition) is 2. The van der Waals surface area contributed by atoms with Crippen molar-refractivity contribution in [2.75, 3.05) is 18.9 Å². The predicted molar refractivity (Wildman–Crippen MR) is 107 cm³/mol. The second-order valence-corrected chi connectivity index (χ2v) is 7.28. The van der Waals surface area contributed by atoms with Gasteiger partial charge in [-0.15, -0.1) is 0 Å². The van der Waals surface area contributed by atoms with E-state index in [2.05, 4.69) is 41.7 Å². The van der Waals surface area contributed by atoms with E-state index >= 15 is 0 Å². The minimum atomic E-state index is -0.0621. The first-order chi connectivity index (χ1) is 11.9. The summed E-state index contributed by atoms with van der Waals surface area (Å²) in [5.74, 6) is 0.737. The lowest BCUT2D eigenvalue weighted by Crippen LogP contribution is -2.41. The molecule has 0 heterocycles. The van der Waals surface area contributed by atoms with Gasteiger partial charge in [0.1, 0.15) is 0 Å². The number of benzene rings is 1. The molecule has 0 unspecified atom stereocenters. The third-order valence-electron chi connectivity index (χ3n) is 4.12. The number of anilines is 1. The van der Waals surface area contributed by atoms with Crippen LogP contribution < -0.4 is 16.0 Å². The molecule has 0 fully saturated rings. The van der Waals surface area contributed by atoms with E-state index in [4.69, 9.17) is 0 Å². The van der Waals surface area contributed by atoms with Crippen molar-refractivity contribution in [3.8, 4) is 0 Å². The van der Waals surface area contributed by atoms with Crippen LogP contribution in [0.4, 0.5) is 5.69 Å². The van der Waals surface area contributed by atoms with E-state index in [9.17, 15) is 4.79 Å². The van der Waals surface area contributed by atoms with Crippen LogP contribution in [0.2, 0.25) is 0 Å². The second-order valence-electron chi connectivity index (χ2n) is 7.28. The first-order valence-corrected chi connectivity index (χ1v) is 9.17. The lowest BCUT2D eigenvalue weighted by molar-refractivity contribution is -0.114. The van der Waals surface area contributed by atoms with Crippen LogP contribution >= 0.6 is 0 Å². The molecule has 0 aliphatic heterocycles. The maximum Gasteiger partial charge on any atom is 0.221 e. The Morgan fingerprint density at radius 3 is 2.60 bits per heavy atom.